The van der Waals surface area contributed by atoms with Crippen LogP contribution in [-0.2, 0) is 57.0 Å². The van der Waals surface area contributed by atoms with Crippen molar-refractivity contribution in [3.63, 3.8) is 0 Å². The highest BCUT2D eigenvalue weighted by Crippen LogP contribution is 2.30. The van der Waals surface area contributed by atoms with Crippen LogP contribution in [0.2, 0.25) is 0 Å². The highest BCUT2D eigenvalue weighted by Gasteiger charge is 2.51. The second kappa shape index (κ2) is 11.6. The third-order valence-electron chi connectivity index (χ3n) is 4.99. The minimum atomic E-state index is -1.56. The zero-order valence-corrected chi connectivity index (χ0v) is 20.5. The highest BCUT2D eigenvalue weighted by molar-refractivity contribution is 5.82. The molecule has 2 heterocycles. The number of esters is 4. The Morgan fingerprint density at radius 3 is 2.00 bits per heavy atom. The molecule has 1 saturated heterocycles. The predicted octanol–water partition coefficient (Wildman–Crippen LogP) is -1.71. The molecular formula is C21H27N3O12. The molecule has 36 heavy (non-hydrogen) atoms. The summed E-state index contributed by atoms with van der Waals surface area (Å²) >= 11 is 0. The lowest BCUT2D eigenvalue weighted by Gasteiger charge is -2.42. The first-order valence-electron chi connectivity index (χ1n) is 10.6. The second-order valence-corrected chi connectivity index (χ2v) is 7.81. The maximum atomic E-state index is 12.5. The van der Waals surface area contributed by atoms with Gasteiger partial charge in [-0.1, -0.05) is 0 Å². The van der Waals surface area contributed by atoms with Gasteiger partial charge in [0.2, 0.25) is 12.2 Å². The van der Waals surface area contributed by atoms with Crippen molar-refractivity contribution in [2.24, 2.45) is 19.1 Å². The Morgan fingerprint density at radius 1 is 0.917 bits per heavy atom. The molecule has 2 rings (SSSR count). The Kier molecular flexibility index (Phi) is 9.11. The Labute approximate surface area is 204 Å². The summed E-state index contributed by atoms with van der Waals surface area (Å²) in [5, 5.41) is 10.3. The molecule has 0 amide bonds. The molecule has 1 aromatic rings. The Bertz CT molecular complexity index is 1180. The third-order valence-corrected chi connectivity index (χ3v) is 4.99. The predicted molar refractivity (Wildman–Crippen MR) is 118 cm³/mol. The van der Waals surface area contributed by atoms with Crippen LogP contribution in [0.5, 0.6) is 5.88 Å². The van der Waals surface area contributed by atoms with Crippen LogP contribution in [0.4, 0.5) is 0 Å². The summed E-state index contributed by atoms with van der Waals surface area (Å²) in [5.74, 6) is -3.84. The number of aromatic hydroxyl groups is 1. The number of aromatic nitrogens is 2. The quantitative estimate of drug-likeness (QED) is 0.247. The van der Waals surface area contributed by atoms with Crippen LogP contribution in [0.15, 0.2) is 14.6 Å². The van der Waals surface area contributed by atoms with E-state index in [1.165, 1.54) is 14.1 Å². The molecule has 0 saturated carbocycles. The van der Waals surface area contributed by atoms with Crippen LogP contribution >= 0.6 is 0 Å². The largest absolute Gasteiger partial charge is 0.494 e. The summed E-state index contributed by atoms with van der Waals surface area (Å²) in [7, 11) is 2.41. The van der Waals surface area contributed by atoms with Gasteiger partial charge >= 0.3 is 29.6 Å². The Balaban J connectivity index is 2.64. The van der Waals surface area contributed by atoms with Crippen LogP contribution in [0.25, 0.3) is 0 Å². The van der Waals surface area contributed by atoms with Crippen LogP contribution in [0, 0.1) is 0 Å². The summed E-state index contributed by atoms with van der Waals surface area (Å²) in [6, 6.07) is -1.42. The minimum Gasteiger partial charge on any atom is -0.494 e. The van der Waals surface area contributed by atoms with Gasteiger partial charge < -0.3 is 28.8 Å². The van der Waals surface area contributed by atoms with Crippen molar-refractivity contribution in [1.82, 2.24) is 9.13 Å². The molecule has 1 aliphatic heterocycles. The van der Waals surface area contributed by atoms with E-state index in [0.29, 0.717) is 0 Å². The van der Waals surface area contributed by atoms with Gasteiger partial charge in [-0.15, -0.1) is 0 Å². The van der Waals surface area contributed by atoms with E-state index in [9.17, 15) is 33.9 Å². The van der Waals surface area contributed by atoms with Gasteiger partial charge in [0, 0.05) is 48.0 Å². The summed E-state index contributed by atoms with van der Waals surface area (Å²) < 4.78 is 28.0. The molecule has 1 fully saturated rings. The van der Waals surface area contributed by atoms with Gasteiger partial charge in [0.1, 0.15) is 18.3 Å². The fraction of sp³-hybridized carbons (Fsp3) is 0.571. The summed E-state index contributed by atoms with van der Waals surface area (Å²) in [5.41, 5.74) is -2.10. The van der Waals surface area contributed by atoms with Gasteiger partial charge in [-0.3, -0.25) is 38.1 Å². The van der Waals surface area contributed by atoms with Crippen molar-refractivity contribution in [3.05, 3.63) is 26.4 Å². The number of ether oxygens (including phenoxy) is 5. The minimum absolute atomic E-state index is 0.408. The van der Waals surface area contributed by atoms with Gasteiger partial charge in [-0.05, 0) is 0 Å². The van der Waals surface area contributed by atoms with E-state index in [1.54, 1.807) is 0 Å². The molecule has 0 aromatic carbocycles. The number of hydrogen-bond donors (Lipinski definition) is 1. The molecule has 15 nitrogen and oxygen atoms in total. The zero-order chi connectivity index (χ0) is 27.3. The number of carbonyl (C=O) groups excluding carboxylic acids is 4. The van der Waals surface area contributed by atoms with Gasteiger partial charge in [0.25, 0.3) is 5.56 Å². The van der Waals surface area contributed by atoms with Crippen LogP contribution in [-0.4, -0.2) is 81.6 Å². The standard InChI is InChI=1S/C21H27N3O12/c1-9(25)32-8-14-16(33-10(2)26)17(34-11(3)27)15(20(36-14)35-12(4)28)22-7-13-18(29)23(5)21(31)24(6)19(13)30/h7,14-17,20,29H,8H2,1-6H3/t14?,15?,16-,17-,20+/m1/s1. The number of carbonyl (C=O) groups is 4. The first kappa shape index (κ1) is 28.2. The molecule has 1 aliphatic rings. The highest BCUT2D eigenvalue weighted by atomic mass is 16.7. The molecule has 0 aliphatic carbocycles. The fourth-order valence-corrected chi connectivity index (χ4v) is 3.44. The van der Waals surface area contributed by atoms with Gasteiger partial charge in [-0.25, -0.2) is 4.79 Å². The molecule has 0 radical (unpaired) electrons. The fourth-order valence-electron chi connectivity index (χ4n) is 3.44. The summed E-state index contributed by atoms with van der Waals surface area (Å²) in [4.78, 5) is 75.5. The Hall–Kier alpha value is -4.01. The van der Waals surface area contributed by atoms with Crippen molar-refractivity contribution < 1.29 is 48.0 Å². The van der Waals surface area contributed by atoms with Gasteiger partial charge in [0.15, 0.2) is 18.2 Å². The monoisotopic (exact) mass is 513 g/mol. The van der Waals surface area contributed by atoms with Crippen molar-refractivity contribution in [2.45, 2.75) is 58.3 Å². The number of rotatable bonds is 7. The van der Waals surface area contributed by atoms with Crippen LogP contribution in [0.1, 0.15) is 33.3 Å². The third kappa shape index (κ3) is 6.56. The SMILES string of the molecule is CC(=O)OCC1O[C@H](OC(C)=O)C(N=Cc2c(O)n(C)c(=O)n(C)c2=O)[C@@H](OC(C)=O)[C@@H]1OC(C)=O. The normalized spacial score (nSPS) is 23.7. The van der Waals surface area contributed by atoms with E-state index in [2.05, 4.69) is 4.99 Å². The first-order valence-corrected chi connectivity index (χ1v) is 10.6. The van der Waals surface area contributed by atoms with E-state index in [0.717, 1.165) is 43.0 Å². The molecule has 1 N–H and O–H groups in total. The lowest BCUT2D eigenvalue weighted by molar-refractivity contribution is -0.266. The van der Waals surface area contributed by atoms with Crippen molar-refractivity contribution in [3.8, 4) is 5.88 Å². The molecule has 198 valence electrons. The maximum absolute atomic E-state index is 12.5. The molecule has 1 aromatic heterocycles. The molecule has 15 heteroatoms. The number of nitrogens with zero attached hydrogens (tertiary/aromatic N) is 3. The smallest absolute Gasteiger partial charge is 0.333 e. The van der Waals surface area contributed by atoms with E-state index in [4.69, 9.17) is 23.7 Å². The lowest BCUT2D eigenvalue weighted by atomic mass is 9.96. The number of aliphatic imine (C=N–C) groups is 1. The van der Waals surface area contributed by atoms with Gasteiger partial charge in [-0.2, -0.15) is 0 Å². The summed E-state index contributed by atoms with van der Waals surface area (Å²) in [6.45, 7) is 3.89. The molecule has 2 unspecified atom stereocenters. The molecule has 0 bridgehead atoms. The van der Waals surface area contributed by atoms with Crippen molar-refractivity contribution >= 4 is 30.1 Å². The van der Waals surface area contributed by atoms with Crippen LogP contribution < -0.4 is 11.2 Å². The van der Waals surface area contributed by atoms with Crippen molar-refractivity contribution in [2.75, 3.05) is 6.61 Å². The van der Waals surface area contributed by atoms with E-state index >= 15 is 0 Å². The second-order valence-electron chi connectivity index (χ2n) is 7.81. The molecule has 5 atom stereocenters. The van der Waals surface area contributed by atoms with Gasteiger partial charge in [0.05, 0.1) is 0 Å². The molecular weight excluding hydrogens is 486 g/mol. The average molecular weight is 513 g/mol. The average Bonchev–Trinajstić information content (AvgIpc) is 2.77. The number of hydrogen-bond acceptors (Lipinski definition) is 13. The topological polar surface area (TPSA) is 191 Å². The van der Waals surface area contributed by atoms with E-state index in [-0.39, 0.29) is 0 Å². The van der Waals surface area contributed by atoms with Crippen molar-refractivity contribution in [1.29, 1.82) is 0 Å². The lowest BCUT2D eigenvalue weighted by Crippen LogP contribution is -2.61. The van der Waals surface area contributed by atoms with E-state index < -0.39 is 83.8 Å². The Morgan fingerprint density at radius 2 is 1.47 bits per heavy atom. The molecule has 0 spiro atoms. The maximum Gasteiger partial charge on any atom is 0.333 e. The summed E-state index contributed by atoms with van der Waals surface area (Å²) in [6.07, 6.45) is -4.74. The zero-order valence-electron chi connectivity index (χ0n) is 20.5. The first-order chi connectivity index (χ1) is 16.7. The van der Waals surface area contributed by atoms with Crippen LogP contribution in [0.3, 0.4) is 0 Å². The van der Waals surface area contributed by atoms with E-state index in [1.807, 2.05) is 0 Å².